The molecule has 3 aromatic rings. The molecule has 1 heterocycles. The number of aromatic carboxylic acids is 2. The topological polar surface area (TPSA) is 105 Å². The molecular formula is C24H23NO6. The average molecular weight is 421 g/mol. The zero-order valence-corrected chi connectivity index (χ0v) is 17.2. The smallest absolute Gasteiger partial charge is 0.335 e. The van der Waals surface area contributed by atoms with Crippen LogP contribution in [0.25, 0.3) is 11.1 Å². The maximum atomic E-state index is 10.4. The summed E-state index contributed by atoms with van der Waals surface area (Å²) in [5, 5.41) is 20.2. The zero-order valence-electron chi connectivity index (χ0n) is 17.2. The van der Waals surface area contributed by atoms with Gasteiger partial charge in [0, 0.05) is 12.0 Å². The summed E-state index contributed by atoms with van der Waals surface area (Å²) in [7, 11) is 3.60. The SMILES string of the molecule is CNC1Cc2cccc(-c3ccc(OC)cc3)c2O1.O=C(O)c1cccc(C(=O)O)c1. The number of likely N-dealkylation sites (N-methyl/N-ethyl adjacent to an activating group) is 1. The highest BCUT2D eigenvalue weighted by molar-refractivity contribution is 5.93. The van der Waals surface area contributed by atoms with Crippen LogP contribution in [0.3, 0.4) is 0 Å². The number of fused-ring (bicyclic) bond motifs is 1. The van der Waals surface area contributed by atoms with Gasteiger partial charge in [-0.25, -0.2) is 9.59 Å². The van der Waals surface area contributed by atoms with Crippen molar-refractivity contribution in [3.8, 4) is 22.6 Å². The fourth-order valence-corrected chi connectivity index (χ4v) is 3.21. The van der Waals surface area contributed by atoms with E-state index >= 15 is 0 Å². The van der Waals surface area contributed by atoms with E-state index in [4.69, 9.17) is 19.7 Å². The summed E-state index contributed by atoms with van der Waals surface area (Å²) in [6, 6.07) is 19.6. The molecule has 0 aromatic heterocycles. The number of benzene rings is 3. The Balaban J connectivity index is 0.000000196. The van der Waals surface area contributed by atoms with Crippen molar-refractivity contribution in [1.29, 1.82) is 0 Å². The number of rotatable bonds is 5. The molecular weight excluding hydrogens is 398 g/mol. The number of hydrogen-bond donors (Lipinski definition) is 3. The van der Waals surface area contributed by atoms with Crippen molar-refractivity contribution in [3.63, 3.8) is 0 Å². The summed E-state index contributed by atoms with van der Waals surface area (Å²) in [5.74, 6) is -0.395. The van der Waals surface area contributed by atoms with Gasteiger partial charge in [0.25, 0.3) is 0 Å². The predicted molar refractivity (Wildman–Crippen MR) is 116 cm³/mol. The van der Waals surface area contributed by atoms with E-state index in [1.165, 1.54) is 23.8 Å². The van der Waals surface area contributed by atoms with Crippen molar-refractivity contribution in [2.45, 2.75) is 12.6 Å². The van der Waals surface area contributed by atoms with Gasteiger partial charge < -0.3 is 19.7 Å². The van der Waals surface area contributed by atoms with E-state index in [0.29, 0.717) is 0 Å². The van der Waals surface area contributed by atoms with E-state index in [1.54, 1.807) is 7.11 Å². The molecule has 31 heavy (non-hydrogen) atoms. The largest absolute Gasteiger partial charge is 0.497 e. The van der Waals surface area contributed by atoms with Crippen LogP contribution < -0.4 is 14.8 Å². The molecule has 7 heteroatoms. The molecule has 1 aliphatic rings. The lowest BCUT2D eigenvalue weighted by atomic mass is 10.0. The Hall–Kier alpha value is -3.84. The van der Waals surface area contributed by atoms with Gasteiger partial charge in [0.1, 0.15) is 11.5 Å². The molecule has 3 aromatic carbocycles. The van der Waals surface area contributed by atoms with Crippen LogP contribution in [-0.2, 0) is 6.42 Å². The first-order valence-electron chi connectivity index (χ1n) is 9.59. The normalized spacial score (nSPS) is 13.9. The van der Waals surface area contributed by atoms with E-state index in [1.807, 2.05) is 19.2 Å². The molecule has 3 N–H and O–H groups in total. The highest BCUT2D eigenvalue weighted by Gasteiger charge is 2.24. The molecule has 0 fully saturated rings. The third kappa shape index (κ3) is 5.21. The lowest BCUT2D eigenvalue weighted by Crippen LogP contribution is -2.29. The molecule has 0 saturated heterocycles. The van der Waals surface area contributed by atoms with Crippen molar-refractivity contribution in [2.24, 2.45) is 0 Å². The molecule has 0 amide bonds. The molecule has 7 nitrogen and oxygen atoms in total. The number of hydrogen-bond acceptors (Lipinski definition) is 5. The first-order chi connectivity index (χ1) is 14.9. The number of para-hydroxylation sites is 1. The van der Waals surface area contributed by atoms with E-state index in [0.717, 1.165) is 35.1 Å². The molecule has 0 radical (unpaired) electrons. The van der Waals surface area contributed by atoms with Crippen LogP contribution in [0.15, 0.2) is 66.7 Å². The van der Waals surface area contributed by atoms with Gasteiger partial charge in [-0.15, -0.1) is 0 Å². The summed E-state index contributed by atoms with van der Waals surface area (Å²) < 4.78 is 11.1. The van der Waals surface area contributed by atoms with Gasteiger partial charge in [-0.05, 0) is 48.5 Å². The van der Waals surface area contributed by atoms with Gasteiger partial charge in [-0.2, -0.15) is 0 Å². The second-order valence-electron chi connectivity index (χ2n) is 6.81. The molecule has 1 aliphatic heterocycles. The van der Waals surface area contributed by atoms with Crippen LogP contribution >= 0.6 is 0 Å². The molecule has 1 atom stereocenters. The summed E-state index contributed by atoms with van der Waals surface area (Å²) in [6.45, 7) is 0. The minimum atomic E-state index is -1.13. The van der Waals surface area contributed by atoms with Crippen molar-refractivity contribution in [2.75, 3.05) is 14.2 Å². The van der Waals surface area contributed by atoms with Crippen molar-refractivity contribution >= 4 is 11.9 Å². The predicted octanol–water partition coefficient (Wildman–Crippen LogP) is 3.93. The molecule has 160 valence electrons. The first kappa shape index (κ1) is 21.9. The Kier molecular flexibility index (Phi) is 6.89. The summed E-state index contributed by atoms with van der Waals surface area (Å²) >= 11 is 0. The number of carboxylic acids is 2. The minimum absolute atomic E-state index is 0.0186. The Bertz CT molecular complexity index is 1050. The van der Waals surface area contributed by atoms with Crippen LogP contribution in [0.4, 0.5) is 0 Å². The van der Waals surface area contributed by atoms with Gasteiger partial charge in [0.05, 0.1) is 18.2 Å². The number of nitrogens with one attached hydrogen (secondary N) is 1. The average Bonchev–Trinajstić information content (AvgIpc) is 3.23. The van der Waals surface area contributed by atoms with Crippen LogP contribution in [0, 0.1) is 0 Å². The standard InChI is InChI=1S/C16H17NO2.C8H6O4/c1-17-15-10-12-4-3-5-14(16(12)19-15)11-6-8-13(18-2)9-7-11;9-7(10)5-2-1-3-6(4-5)8(11)12/h3-9,15,17H,10H2,1-2H3;1-4H,(H,9,10)(H,11,12). The van der Waals surface area contributed by atoms with E-state index in [-0.39, 0.29) is 17.4 Å². The van der Waals surface area contributed by atoms with E-state index in [2.05, 4.69) is 35.6 Å². The molecule has 0 saturated carbocycles. The van der Waals surface area contributed by atoms with Gasteiger partial charge in [-0.3, -0.25) is 5.32 Å². The quantitative estimate of drug-likeness (QED) is 0.573. The molecule has 0 bridgehead atoms. The van der Waals surface area contributed by atoms with E-state index in [9.17, 15) is 9.59 Å². The number of carbonyl (C=O) groups is 2. The number of ether oxygens (including phenoxy) is 2. The fraction of sp³-hybridized carbons (Fsp3) is 0.167. The molecule has 1 unspecified atom stereocenters. The number of carboxylic acid groups (broad SMARTS) is 2. The first-order valence-corrected chi connectivity index (χ1v) is 9.59. The van der Waals surface area contributed by atoms with Crippen molar-refractivity contribution in [3.05, 3.63) is 83.4 Å². The lowest BCUT2D eigenvalue weighted by Gasteiger charge is -2.11. The van der Waals surface area contributed by atoms with Crippen LogP contribution in [0.5, 0.6) is 11.5 Å². The Morgan fingerprint density at radius 1 is 0.968 bits per heavy atom. The Morgan fingerprint density at radius 2 is 1.58 bits per heavy atom. The monoisotopic (exact) mass is 421 g/mol. The minimum Gasteiger partial charge on any atom is -0.497 e. The zero-order chi connectivity index (χ0) is 22.4. The van der Waals surface area contributed by atoms with Gasteiger partial charge in [0.2, 0.25) is 0 Å². The lowest BCUT2D eigenvalue weighted by molar-refractivity contribution is 0.0696. The van der Waals surface area contributed by atoms with Crippen molar-refractivity contribution in [1.82, 2.24) is 5.32 Å². The second-order valence-corrected chi connectivity index (χ2v) is 6.81. The highest BCUT2D eigenvalue weighted by atomic mass is 16.5. The third-order valence-electron chi connectivity index (χ3n) is 4.84. The third-order valence-corrected chi connectivity index (χ3v) is 4.84. The second kappa shape index (κ2) is 9.77. The molecule has 0 aliphatic carbocycles. The number of methoxy groups -OCH3 is 1. The fourth-order valence-electron chi connectivity index (χ4n) is 3.21. The van der Waals surface area contributed by atoms with Crippen LogP contribution in [0.1, 0.15) is 26.3 Å². The summed E-state index contributed by atoms with van der Waals surface area (Å²) in [6.07, 6.45) is 0.991. The Morgan fingerprint density at radius 3 is 2.13 bits per heavy atom. The molecule has 0 spiro atoms. The summed E-state index contributed by atoms with van der Waals surface area (Å²) in [5.41, 5.74) is 3.50. The maximum Gasteiger partial charge on any atom is 0.335 e. The Labute approximate surface area is 179 Å². The van der Waals surface area contributed by atoms with Gasteiger partial charge in [0.15, 0.2) is 6.23 Å². The van der Waals surface area contributed by atoms with Crippen molar-refractivity contribution < 1.29 is 29.3 Å². The highest BCUT2D eigenvalue weighted by Crippen LogP contribution is 2.38. The summed E-state index contributed by atoms with van der Waals surface area (Å²) in [4.78, 5) is 20.8. The molecule has 4 rings (SSSR count). The maximum absolute atomic E-state index is 10.4. The van der Waals surface area contributed by atoms with Crippen LogP contribution in [0.2, 0.25) is 0 Å². The van der Waals surface area contributed by atoms with E-state index < -0.39 is 11.9 Å². The van der Waals surface area contributed by atoms with Gasteiger partial charge >= 0.3 is 11.9 Å². The van der Waals surface area contributed by atoms with Crippen LogP contribution in [-0.4, -0.2) is 42.5 Å². The van der Waals surface area contributed by atoms with Gasteiger partial charge in [-0.1, -0.05) is 36.4 Å².